The Hall–Kier alpha value is -3.66. The Morgan fingerprint density at radius 2 is 1.73 bits per heavy atom. The molecule has 37 heavy (non-hydrogen) atoms. The topological polar surface area (TPSA) is 103 Å². The van der Waals surface area contributed by atoms with Crippen LogP contribution < -0.4 is 20.9 Å². The van der Waals surface area contributed by atoms with Crippen LogP contribution in [0.4, 0.5) is 20.6 Å². The highest BCUT2D eigenvalue weighted by Gasteiger charge is 2.25. The number of ether oxygens (including phenoxy) is 1. The van der Waals surface area contributed by atoms with E-state index in [2.05, 4.69) is 20.9 Å². The second-order valence-electron chi connectivity index (χ2n) is 10.0. The highest BCUT2D eigenvalue weighted by molar-refractivity contribution is 6.02. The zero-order valence-corrected chi connectivity index (χ0v) is 21.9. The van der Waals surface area contributed by atoms with Crippen LogP contribution >= 0.6 is 0 Å². The van der Waals surface area contributed by atoms with Gasteiger partial charge in [-0.05, 0) is 63.1 Å². The predicted octanol–water partition coefficient (Wildman–Crippen LogP) is 3.36. The van der Waals surface area contributed by atoms with Gasteiger partial charge in [-0.25, -0.2) is 9.18 Å². The lowest BCUT2D eigenvalue weighted by atomic mass is 10.1. The molecule has 9 nitrogen and oxygen atoms in total. The Bertz CT molecular complexity index is 1100. The summed E-state index contributed by atoms with van der Waals surface area (Å²) in [5.41, 5.74) is 2.00. The molecule has 3 N–H and O–H groups in total. The van der Waals surface area contributed by atoms with Crippen molar-refractivity contribution in [3.63, 3.8) is 0 Å². The third-order valence-corrected chi connectivity index (χ3v) is 5.77. The number of anilines is 2. The molecule has 1 fully saturated rings. The van der Waals surface area contributed by atoms with Crippen molar-refractivity contribution in [3.05, 3.63) is 59.4 Å². The van der Waals surface area contributed by atoms with E-state index < -0.39 is 0 Å². The molecule has 0 atom stereocenters. The molecule has 0 aromatic heterocycles. The van der Waals surface area contributed by atoms with E-state index in [-0.39, 0.29) is 42.4 Å². The monoisotopic (exact) mass is 513 g/mol. The van der Waals surface area contributed by atoms with Crippen LogP contribution in [0.1, 0.15) is 43.1 Å². The number of carbonyl (C=O) groups is 3. The van der Waals surface area contributed by atoms with Gasteiger partial charge in [-0.2, -0.15) is 0 Å². The molecule has 0 spiro atoms. The number of carbonyl (C=O) groups excluding carboxylic acids is 3. The van der Waals surface area contributed by atoms with Gasteiger partial charge in [-0.15, -0.1) is 0 Å². The summed E-state index contributed by atoms with van der Waals surface area (Å²) < 4.78 is 18.1. The summed E-state index contributed by atoms with van der Waals surface area (Å²) in [7, 11) is 1.43. The maximum absolute atomic E-state index is 13.3. The highest BCUT2D eigenvalue weighted by atomic mass is 19.1. The standard InChI is InChI=1S/C27H36FN5O4/c1-27(2,3)31-26(36)33-13-5-12-32(14-15-33)23-11-10-21(30-24(34)18-37-4)16-22(23)25(35)29-17-19-6-8-20(28)9-7-19/h6-11,16H,5,12-15,17-18H2,1-4H3,(H,29,35)(H,30,34)(H,31,36). The van der Waals surface area contributed by atoms with Gasteiger partial charge in [0.05, 0.1) is 5.56 Å². The lowest BCUT2D eigenvalue weighted by Crippen LogP contribution is -2.49. The zero-order chi connectivity index (χ0) is 27.0. The Morgan fingerprint density at radius 3 is 2.41 bits per heavy atom. The molecule has 0 bridgehead atoms. The van der Waals surface area contributed by atoms with Gasteiger partial charge in [-0.3, -0.25) is 9.59 Å². The van der Waals surface area contributed by atoms with Crippen molar-refractivity contribution in [3.8, 4) is 0 Å². The molecule has 0 radical (unpaired) electrons. The molecule has 1 saturated heterocycles. The molecule has 1 heterocycles. The smallest absolute Gasteiger partial charge is 0.317 e. The minimum atomic E-state index is -0.344. The number of benzene rings is 2. The van der Waals surface area contributed by atoms with E-state index in [0.29, 0.717) is 43.1 Å². The van der Waals surface area contributed by atoms with Gasteiger partial charge in [0.25, 0.3) is 5.91 Å². The van der Waals surface area contributed by atoms with Crippen molar-refractivity contribution in [2.45, 2.75) is 39.3 Å². The summed E-state index contributed by atoms with van der Waals surface area (Å²) in [6.07, 6.45) is 0.737. The van der Waals surface area contributed by atoms with Gasteiger partial charge >= 0.3 is 6.03 Å². The minimum absolute atomic E-state index is 0.105. The molecule has 2 aromatic carbocycles. The van der Waals surface area contributed by atoms with Crippen LogP contribution in [-0.4, -0.2) is 68.2 Å². The summed E-state index contributed by atoms with van der Waals surface area (Å²) in [5.74, 6) is -1.000. The number of rotatable bonds is 7. The van der Waals surface area contributed by atoms with Gasteiger partial charge in [0.2, 0.25) is 5.91 Å². The van der Waals surface area contributed by atoms with Crippen molar-refractivity contribution in [2.75, 3.05) is 50.1 Å². The second kappa shape index (κ2) is 12.5. The van der Waals surface area contributed by atoms with E-state index in [0.717, 1.165) is 12.0 Å². The minimum Gasteiger partial charge on any atom is -0.375 e. The van der Waals surface area contributed by atoms with E-state index in [4.69, 9.17) is 4.74 Å². The average molecular weight is 514 g/mol. The van der Waals surface area contributed by atoms with Crippen LogP contribution in [0.5, 0.6) is 0 Å². The first-order valence-corrected chi connectivity index (χ1v) is 12.3. The zero-order valence-electron chi connectivity index (χ0n) is 21.9. The Morgan fingerprint density at radius 1 is 1.00 bits per heavy atom. The molecule has 2 aromatic rings. The van der Waals surface area contributed by atoms with Crippen LogP contribution in [0.3, 0.4) is 0 Å². The maximum atomic E-state index is 13.3. The maximum Gasteiger partial charge on any atom is 0.317 e. The number of hydrogen-bond donors (Lipinski definition) is 3. The van der Waals surface area contributed by atoms with Gasteiger partial charge < -0.3 is 30.5 Å². The van der Waals surface area contributed by atoms with Crippen LogP contribution in [0.15, 0.2) is 42.5 Å². The van der Waals surface area contributed by atoms with E-state index >= 15 is 0 Å². The van der Waals surface area contributed by atoms with Gasteiger partial charge in [0, 0.05) is 56.7 Å². The lowest BCUT2D eigenvalue weighted by molar-refractivity contribution is -0.119. The van der Waals surface area contributed by atoms with Crippen molar-refractivity contribution in [1.82, 2.24) is 15.5 Å². The Kier molecular flexibility index (Phi) is 9.46. The first-order chi connectivity index (χ1) is 17.6. The molecule has 10 heteroatoms. The van der Waals surface area contributed by atoms with Crippen LogP contribution in [-0.2, 0) is 16.1 Å². The molecule has 0 unspecified atom stereocenters. The van der Waals surface area contributed by atoms with E-state index in [1.54, 1.807) is 35.2 Å². The second-order valence-corrected chi connectivity index (χ2v) is 10.0. The molecule has 4 amide bonds. The summed E-state index contributed by atoms with van der Waals surface area (Å²) >= 11 is 0. The van der Waals surface area contributed by atoms with Crippen molar-refractivity contribution < 1.29 is 23.5 Å². The molecule has 1 aliphatic rings. The van der Waals surface area contributed by atoms with Gasteiger partial charge in [0.15, 0.2) is 0 Å². The first kappa shape index (κ1) is 27.9. The number of methoxy groups -OCH3 is 1. The Labute approximate surface area is 217 Å². The average Bonchev–Trinajstić information content (AvgIpc) is 3.09. The van der Waals surface area contributed by atoms with Crippen LogP contribution in [0, 0.1) is 5.82 Å². The summed E-state index contributed by atoms with van der Waals surface area (Å²) in [4.78, 5) is 41.9. The quantitative estimate of drug-likeness (QED) is 0.527. The third kappa shape index (κ3) is 8.45. The van der Waals surface area contributed by atoms with Crippen molar-refractivity contribution in [2.24, 2.45) is 0 Å². The Balaban J connectivity index is 1.80. The number of amides is 4. The normalized spacial score (nSPS) is 14.1. The predicted molar refractivity (Wildman–Crippen MR) is 141 cm³/mol. The largest absolute Gasteiger partial charge is 0.375 e. The number of hydrogen-bond acceptors (Lipinski definition) is 5. The van der Waals surface area contributed by atoms with Crippen LogP contribution in [0.25, 0.3) is 0 Å². The summed E-state index contributed by atoms with van der Waals surface area (Å²) in [5, 5.41) is 8.63. The number of urea groups is 1. The van der Waals surface area contributed by atoms with Gasteiger partial charge in [0.1, 0.15) is 12.4 Å². The van der Waals surface area contributed by atoms with Crippen LogP contribution in [0.2, 0.25) is 0 Å². The highest BCUT2D eigenvalue weighted by Crippen LogP contribution is 2.26. The summed E-state index contributed by atoms with van der Waals surface area (Å²) in [6, 6.07) is 11.0. The first-order valence-electron chi connectivity index (χ1n) is 12.3. The third-order valence-electron chi connectivity index (χ3n) is 5.77. The fourth-order valence-electron chi connectivity index (χ4n) is 4.04. The number of halogens is 1. The van der Waals surface area contributed by atoms with Crippen molar-refractivity contribution >= 4 is 29.2 Å². The molecule has 0 saturated carbocycles. The molecule has 0 aliphatic carbocycles. The summed E-state index contributed by atoms with van der Waals surface area (Å²) in [6.45, 7) is 8.27. The molecular weight excluding hydrogens is 477 g/mol. The molecule has 1 aliphatic heterocycles. The van der Waals surface area contributed by atoms with Crippen molar-refractivity contribution in [1.29, 1.82) is 0 Å². The lowest BCUT2D eigenvalue weighted by Gasteiger charge is -2.28. The molecule has 3 rings (SSSR count). The fourth-order valence-corrected chi connectivity index (χ4v) is 4.04. The van der Waals surface area contributed by atoms with E-state index in [9.17, 15) is 18.8 Å². The van der Waals surface area contributed by atoms with E-state index in [1.165, 1.54) is 19.2 Å². The molecule has 200 valence electrons. The molecular formula is C27H36FN5O4. The SMILES string of the molecule is COCC(=O)Nc1ccc(N2CCCN(C(=O)NC(C)(C)C)CC2)c(C(=O)NCc2ccc(F)cc2)c1. The van der Waals surface area contributed by atoms with Gasteiger partial charge in [-0.1, -0.05) is 12.1 Å². The van der Waals surface area contributed by atoms with E-state index in [1.807, 2.05) is 20.8 Å². The number of nitrogens with zero attached hydrogens (tertiary/aromatic N) is 2. The fraction of sp³-hybridized carbons (Fsp3) is 0.444. The number of nitrogens with one attached hydrogen (secondary N) is 3.